The van der Waals surface area contributed by atoms with Gasteiger partial charge in [0.1, 0.15) is 0 Å². The summed E-state index contributed by atoms with van der Waals surface area (Å²) < 4.78 is 37.2. The summed E-state index contributed by atoms with van der Waals surface area (Å²) in [5.74, 6) is -17.0. The van der Waals surface area contributed by atoms with Crippen LogP contribution < -0.4 is 9.80 Å². The molecule has 2 unspecified atom stereocenters. The molecule has 2 aromatic rings. The van der Waals surface area contributed by atoms with Crippen molar-refractivity contribution >= 4 is 58.9 Å². The normalized spacial score (nSPS) is 50.7. The molecular formula is C47H44N4O14. The number of aromatic nitrogens is 2. The molecular weight excluding hydrogens is 845 g/mol. The van der Waals surface area contributed by atoms with Crippen molar-refractivity contribution in [3.63, 3.8) is 0 Å². The number of pyridine rings is 2. The molecule has 0 aromatic carbocycles. The fourth-order valence-electron chi connectivity index (χ4n) is 19.5. The van der Waals surface area contributed by atoms with Gasteiger partial charge in [0, 0.05) is 72.1 Å². The van der Waals surface area contributed by atoms with Crippen LogP contribution in [-0.2, 0) is 66.8 Å². The molecule has 336 valence electrons. The molecule has 0 spiro atoms. The lowest BCUT2D eigenvalue weighted by Crippen LogP contribution is -2.69. The largest absolute Gasteiger partial charge is 0.467 e. The zero-order valence-electron chi connectivity index (χ0n) is 35.6. The Hall–Kier alpha value is -5.62. The number of hydrogen-bond donors (Lipinski definition) is 0. The Balaban J connectivity index is 0.940. The van der Waals surface area contributed by atoms with Crippen molar-refractivity contribution in [1.29, 1.82) is 0 Å². The van der Waals surface area contributed by atoms with Gasteiger partial charge in [-0.1, -0.05) is 0 Å². The minimum atomic E-state index is -1.81. The number of carbonyl (C=O) groups excluding carboxylic acids is 8. The number of ether oxygens (including phenoxy) is 6. The Morgan fingerprint density at radius 2 is 0.677 bits per heavy atom. The van der Waals surface area contributed by atoms with Gasteiger partial charge in [-0.15, -0.1) is 0 Å². The van der Waals surface area contributed by atoms with Crippen molar-refractivity contribution in [3.05, 3.63) is 49.1 Å². The monoisotopic (exact) mass is 888 g/mol. The summed E-state index contributed by atoms with van der Waals surface area (Å²) in [5.41, 5.74) is -6.47. The number of rotatable bonds is 6. The molecule has 0 N–H and O–H groups in total. The molecule has 6 aliphatic heterocycles. The summed E-state index contributed by atoms with van der Waals surface area (Å²) in [6, 6.07) is 6.39. The molecule has 2 aromatic heterocycles. The predicted octanol–water partition coefficient (Wildman–Crippen LogP) is 1.00. The van der Waals surface area contributed by atoms with Crippen LogP contribution in [-0.4, -0.2) is 108 Å². The van der Waals surface area contributed by atoms with Gasteiger partial charge >= 0.3 is 23.9 Å². The summed E-state index contributed by atoms with van der Waals surface area (Å²) in [4.78, 5) is 129. The van der Waals surface area contributed by atoms with Crippen molar-refractivity contribution in [2.75, 3.05) is 38.2 Å². The van der Waals surface area contributed by atoms with E-state index in [9.17, 15) is 19.2 Å². The molecule has 0 radical (unpaired) electrons. The maximum absolute atomic E-state index is 15.0. The van der Waals surface area contributed by atoms with E-state index in [2.05, 4.69) is 9.97 Å². The third-order valence-corrected chi connectivity index (χ3v) is 20.0. The van der Waals surface area contributed by atoms with Gasteiger partial charge in [-0.05, 0) is 79.0 Å². The van der Waals surface area contributed by atoms with Crippen LogP contribution in [0.2, 0.25) is 0 Å². The van der Waals surface area contributed by atoms with E-state index in [0.29, 0.717) is 30.6 Å². The van der Waals surface area contributed by atoms with Gasteiger partial charge in [-0.25, -0.2) is 29.0 Å². The molecule has 14 rings (SSSR count). The lowest BCUT2D eigenvalue weighted by Gasteiger charge is -2.57. The second-order valence-electron chi connectivity index (χ2n) is 20.8. The van der Waals surface area contributed by atoms with Crippen LogP contribution in [0.3, 0.4) is 0 Å². The van der Waals surface area contributed by atoms with E-state index in [1.807, 2.05) is 0 Å². The van der Waals surface area contributed by atoms with Gasteiger partial charge in [-0.2, -0.15) is 0 Å². The standard InChI is InChI=1S/C47H44N4O14/c1-60-40(56)44-28-18-13-19(25-24(18)36(52)50(37(25)53)16-5-9-48-10-6-16)29(28)45(64-44,41(57)61-2)33-23-15-22(32(33)44)34-35(23)47(43(59)63-4)31-21-14-20(30(31)46(34,65-47)42(58)62-3)26-27(21)39(55)51(38(26)54)17-7-11-49-12-8-17/h5-12,18-35H,13-15H2,1-4H3/t18-,19+,20+,21-,22?,23?,24-,25+,26+,27-,28-,29+,30+,31-,32+,33-,34-,35+,44-,45+,46+,47-. The first-order valence-electron chi connectivity index (χ1n) is 22.7. The van der Waals surface area contributed by atoms with Gasteiger partial charge in [0.05, 0.1) is 63.5 Å². The quantitative estimate of drug-likeness (QED) is 0.224. The first kappa shape index (κ1) is 38.6. The molecule has 65 heavy (non-hydrogen) atoms. The van der Waals surface area contributed by atoms with Crippen molar-refractivity contribution in [2.45, 2.75) is 41.7 Å². The van der Waals surface area contributed by atoms with Gasteiger partial charge < -0.3 is 28.4 Å². The number of fused-ring (bicyclic) bond motifs is 36. The highest BCUT2D eigenvalue weighted by Gasteiger charge is 2.98. The fourth-order valence-corrected chi connectivity index (χ4v) is 19.5. The number of carbonyl (C=O) groups is 8. The molecule has 6 aliphatic carbocycles. The molecule has 22 atom stereocenters. The lowest BCUT2D eigenvalue weighted by molar-refractivity contribution is -0.193. The van der Waals surface area contributed by atoms with Crippen LogP contribution in [0.1, 0.15) is 19.3 Å². The highest BCUT2D eigenvalue weighted by atomic mass is 16.6. The second kappa shape index (κ2) is 11.8. The number of nitrogens with zero attached hydrogens (tertiary/aromatic N) is 4. The molecule has 10 bridgehead atoms. The van der Waals surface area contributed by atoms with E-state index < -0.39 is 153 Å². The van der Waals surface area contributed by atoms with E-state index >= 15 is 19.2 Å². The molecule has 12 fully saturated rings. The lowest BCUT2D eigenvalue weighted by atomic mass is 9.41. The average Bonchev–Trinajstić information content (AvgIpc) is 4.19. The van der Waals surface area contributed by atoms with Gasteiger partial charge in [0.25, 0.3) is 0 Å². The molecule has 18 heteroatoms. The van der Waals surface area contributed by atoms with E-state index in [0.717, 1.165) is 0 Å². The minimum Gasteiger partial charge on any atom is -0.467 e. The Morgan fingerprint density at radius 3 is 0.923 bits per heavy atom. The van der Waals surface area contributed by atoms with Crippen LogP contribution in [0.5, 0.6) is 0 Å². The number of hydrogen-bond acceptors (Lipinski definition) is 16. The van der Waals surface area contributed by atoms with Crippen molar-refractivity contribution in [1.82, 2.24) is 9.97 Å². The molecule has 6 saturated heterocycles. The van der Waals surface area contributed by atoms with Crippen molar-refractivity contribution in [3.8, 4) is 0 Å². The van der Waals surface area contributed by atoms with E-state index in [1.165, 1.54) is 63.0 Å². The summed E-state index contributed by atoms with van der Waals surface area (Å²) >= 11 is 0. The van der Waals surface area contributed by atoms with Crippen LogP contribution in [0.15, 0.2) is 49.1 Å². The van der Waals surface area contributed by atoms with E-state index in [4.69, 9.17) is 28.4 Å². The topological polar surface area (TPSA) is 224 Å². The molecule has 6 saturated carbocycles. The third-order valence-electron chi connectivity index (χ3n) is 20.0. The second-order valence-corrected chi connectivity index (χ2v) is 20.8. The molecule has 4 amide bonds. The zero-order valence-corrected chi connectivity index (χ0v) is 35.6. The van der Waals surface area contributed by atoms with Crippen LogP contribution in [0, 0.1) is 107 Å². The first-order valence-corrected chi connectivity index (χ1v) is 22.7. The van der Waals surface area contributed by atoms with Gasteiger partial charge in [-0.3, -0.25) is 29.1 Å². The zero-order chi connectivity index (χ0) is 44.8. The number of amides is 4. The average molecular weight is 889 g/mol. The highest BCUT2D eigenvalue weighted by molar-refractivity contribution is 6.23. The van der Waals surface area contributed by atoms with Crippen LogP contribution in [0.4, 0.5) is 11.4 Å². The van der Waals surface area contributed by atoms with Crippen LogP contribution in [0.25, 0.3) is 0 Å². The summed E-state index contributed by atoms with van der Waals surface area (Å²) in [5, 5.41) is 0. The summed E-state index contributed by atoms with van der Waals surface area (Å²) in [6.07, 6.45) is 7.18. The SMILES string of the molecule is COC(=O)[C@@]12O[C@@](C(=O)OC)([C@H]3[C@H]4C[C@H]([C@H]5C(=O)N(c6ccncc6)C(=O)[C@@H]45)[C@H]31)[C@@H]1C3CC([C@@H]4[C@H]3[C@]3(C(=O)OC)O[C@@]4(C(=O)OC)[C@H]4[C@H]5C[C@H]([C@H]6C(=O)N(c7ccncc7)C(=O)[C@@H]56)[C@H]43)[C@@H]12. The summed E-state index contributed by atoms with van der Waals surface area (Å²) in [6.45, 7) is 0. The predicted molar refractivity (Wildman–Crippen MR) is 211 cm³/mol. The van der Waals surface area contributed by atoms with Gasteiger partial charge in [0.2, 0.25) is 23.6 Å². The number of anilines is 2. The number of esters is 4. The maximum Gasteiger partial charge on any atom is 0.338 e. The van der Waals surface area contributed by atoms with Gasteiger partial charge in [0.15, 0.2) is 22.4 Å². The maximum atomic E-state index is 15.0. The summed E-state index contributed by atoms with van der Waals surface area (Å²) in [7, 11) is 5.04. The number of imide groups is 2. The molecule has 8 heterocycles. The molecule has 12 aliphatic rings. The minimum absolute atomic E-state index is 0.372. The molecule has 18 nitrogen and oxygen atoms in total. The van der Waals surface area contributed by atoms with Crippen molar-refractivity contribution < 1.29 is 66.8 Å². The van der Waals surface area contributed by atoms with E-state index in [-0.39, 0.29) is 23.6 Å². The Bertz CT molecular complexity index is 2340. The van der Waals surface area contributed by atoms with Crippen LogP contribution >= 0.6 is 0 Å². The third kappa shape index (κ3) is 3.62. The Kier molecular flexibility index (Phi) is 7.04. The Morgan fingerprint density at radius 1 is 0.446 bits per heavy atom. The highest BCUT2D eigenvalue weighted by Crippen LogP contribution is 2.88. The van der Waals surface area contributed by atoms with Crippen molar-refractivity contribution in [2.24, 2.45) is 107 Å². The fraction of sp³-hybridized carbons (Fsp3) is 0.617. The number of methoxy groups -OCH3 is 4. The van der Waals surface area contributed by atoms with E-state index in [1.54, 1.807) is 24.3 Å². The Labute approximate surface area is 370 Å². The smallest absolute Gasteiger partial charge is 0.338 e. The first-order chi connectivity index (χ1) is 31.4.